The largest absolute Gasteiger partial charge is 0.495 e. The van der Waals surface area contributed by atoms with Gasteiger partial charge in [0.1, 0.15) is 12.3 Å². The summed E-state index contributed by atoms with van der Waals surface area (Å²) in [5.41, 5.74) is 0. The van der Waals surface area contributed by atoms with Crippen molar-refractivity contribution in [1.29, 1.82) is 0 Å². The Morgan fingerprint density at radius 1 is 1.50 bits per heavy atom. The van der Waals surface area contributed by atoms with Crippen LogP contribution in [0.3, 0.4) is 0 Å². The van der Waals surface area contributed by atoms with Gasteiger partial charge in [-0.2, -0.15) is 0 Å². The van der Waals surface area contributed by atoms with E-state index in [1.165, 1.54) is 14.2 Å². The quantitative estimate of drug-likeness (QED) is 0.696. The van der Waals surface area contributed by atoms with E-state index in [1.807, 2.05) is 0 Å². The smallest absolute Gasteiger partial charge is 0.337 e. The highest BCUT2D eigenvalue weighted by atomic mass is 31.2. The van der Waals surface area contributed by atoms with Crippen LogP contribution >= 0.6 is 7.60 Å². The molecule has 0 amide bonds. The number of Topliss-reactive ketones (excluding diaryl/α,β-unsaturated/α-hetero) is 1. The molecular weight excluding hydrogens is 231 g/mol. The van der Waals surface area contributed by atoms with E-state index in [2.05, 4.69) is 0 Å². The second-order valence-electron chi connectivity index (χ2n) is 3.73. The third-order valence-electron chi connectivity index (χ3n) is 2.57. The van der Waals surface area contributed by atoms with Crippen molar-refractivity contribution >= 4 is 13.4 Å². The van der Waals surface area contributed by atoms with E-state index in [9.17, 15) is 9.36 Å². The Bertz CT molecular complexity index is 341. The number of ketones is 1. The molecule has 1 rings (SSSR count). The van der Waals surface area contributed by atoms with Crippen molar-refractivity contribution < 1.29 is 23.1 Å². The van der Waals surface area contributed by atoms with E-state index < -0.39 is 7.60 Å². The molecule has 16 heavy (non-hydrogen) atoms. The maximum Gasteiger partial charge on any atom is 0.337 e. The minimum atomic E-state index is -3.27. The molecule has 1 aliphatic rings. The summed E-state index contributed by atoms with van der Waals surface area (Å²) in [6.45, 7) is 3.59. The maximum atomic E-state index is 11.9. The van der Waals surface area contributed by atoms with Gasteiger partial charge >= 0.3 is 7.60 Å². The van der Waals surface area contributed by atoms with Crippen LogP contribution in [0.15, 0.2) is 11.8 Å². The normalized spacial score (nSPS) is 25.1. The van der Waals surface area contributed by atoms with Gasteiger partial charge in [-0.25, -0.2) is 0 Å². The van der Waals surface area contributed by atoms with Gasteiger partial charge in [0.15, 0.2) is 5.78 Å². The van der Waals surface area contributed by atoms with Gasteiger partial charge in [-0.1, -0.05) is 0 Å². The predicted molar refractivity (Wildman–Crippen MR) is 59.3 cm³/mol. The number of rotatable bonds is 5. The van der Waals surface area contributed by atoms with Gasteiger partial charge in [-0.15, -0.1) is 0 Å². The van der Waals surface area contributed by atoms with Gasteiger partial charge < -0.3 is 13.8 Å². The fourth-order valence-electron chi connectivity index (χ4n) is 1.65. The van der Waals surface area contributed by atoms with Crippen LogP contribution in [-0.2, 0) is 23.1 Å². The first kappa shape index (κ1) is 13.4. The SMILES string of the molecule is COP(=O)(CC(=O)C1C=C(C)OC1C)OC. The molecule has 6 heteroatoms. The second kappa shape index (κ2) is 5.13. The molecule has 0 aliphatic carbocycles. The van der Waals surface area contributed by atoms with E-state index >= 15 is 0 Å². The summed E-state index contributed by atoms with van der Waals surface area (Å²) < 4.78 is 26.6. The third kappa shape index (κ3) is 2.94. The molecule has 0 aromatic carbocycles. The fraction of sp³-hybridized carbons (Fsp3) is 0.700. The summed E-state index contributed by atoms with van der Waals surface area (Å²) in [6.07, 6.45) is 1.31. The summed E-state index contributed by atoms with van der Waals surface area (Å²) >= 11 is 0. The Balaban J connectivity index is 2.69. The molecule has 0 aromatic heterocycles. The van der Waals surface area contributed by atoms with Crippen LogP contribution in [0.5, 0.6) is 0 Å². The molecule has 0 N–H and O–H groups in total. The Kier molecular flexibility index (Phi) is 4.30. The number of hydrogen-bond donors (Lipinski definition) is 0. The lowest BCUT2D eigenvalue weighted by Gasteiger charge is -2.17. The van der Waals surface area contributed by atoms with Crippen molar-refractivity contribution in [2.75, 3.05) is 20.4 Å². The predicted octanol–water partition coefficient (Wildman–Crippen LogP) is 1.98. The monoisotopic (exact) mass is 248 g/mol. The van der Waals surface area contributed by atoms with E-state index in [4.69, 9.17) is 13.8 Å². The van der Waals surface area contributed by atoms with E-state index in [0.717, 1.165) is 5.76 Å². The molecule has 2 unspecified atom stereocenters. The second-order valence-corrected chi connectivity index (χ2v) is 5.99. The Hall–Kier alpha value is -0.640. The molecule has 0 saturated carbocycles. The van der Waals surface area contributed by atoms with Crippen molar-refractivity contribution in [3.63, 3.8) is 0 Å². The van der Waals surface area contributed by atoms with Crippen molar-refractivity contribution in [2.24, 2.45) is 5.92 Å². The van der Waals surface area contributed by atoms with Gasteiger partial charge in [-0.3, -0.25) is 9.36 Å². The van der Waals surface area contributed by atoms with Crippen LogP contribution in [0, 0.1) is 5.92 Å². The molecule has 92 valence electrons. The van der Waals surface area contributed by atoms with E-state index in [-0.39, 0.29) is 24.0 Å². The van der Waals surface area contributed by atoms with Gasteiger partial charge in [0.25, 0.3) is 0 Å². The van der Waals surface area contributed by atoms with Crippen molar-refractivity contribution in [2.45, 2.75) is 20.0 Å². The summed E-state index contributed by atoms with van der Waals surface area (Å²) in [4.78, 5) is 11.9. The number of allylic oxidation sites excluding steroid dienone is 1. The van der Waals surface area contributed by atoms with Crippen LogP contribution in [0.4, 0.5) is 0 Å². The number of carbonyl (C=O) groups is 1. The van der Waals surface area contributed by atoms with Crippen molar-refractivity contribution in [1.82, 2.24) is 0 Å². The van der Waals surface area contributed by atoms with Crippen LogP contribution in [-0.4, -0.2) is 32.3 Å². The van der Waals surface area contributed by atoms with E-state index in [1.54, 1.807) is 19.9 Å². The average molecular weight is 248 g/mol. The standard InChI is InChI=1S/C10H17O5P/c1-7-5-9(8(2)15-7)10(11)6-16(12,13-3)14-4/h5,8-9H,6H2,1-4H3. The van der Waals surface area contributed by atoms with Crippen LogP contribution in [0.25, 0.3) is 0 Å². The van der Waals surface area contributed by atoms with Crippen LogP contribution in [0.2, 0.25) is 0 Å². The maximum absolute atomic E-state index is 11.9. The van der Waals surface area contributed by atoms with Gasteiger partial charge in [0.2, 0.25) is 0 Å². The summed E-state index contributed by atoms with van der Waals surface area (Å²) in [5, 5.41) is 0. The fourth-order valence-corrected chi connectivity index (χ4v) is 2.65. The van der Waals surface area contributed by atoms with Gasteiger partial charge in [0, 0.05) is 14.2 Å². The van der Waals surface area contributed by atoms with Crippen molar-refractivity contribution in [3.05, 3.63) is 11.8 Å². The molecule has 0 fully saturated rings. The van der Waals surface area contributed by atoms with Crippen LogP contribution < -0.4 is 0 Å². The Labute approximate surface area is 95.3 Å². The first-order chi connectivity index (χ1) is 7.41. The Morgan fingerprint density at radius 3 is 2.44 bits per heavy atom. The highest BCUT2D eigenvalue weighted by Gasteiger charge is 2.35. The average Bonchev–Trinajstić information content (AvgIpc) is 2.57. The van der Waals surface area contributed by atoms with E-state index in [0.29, 0.717) is 0 Å². The molecule has 0 spiro atoms. The first-order valence-corrected chi connectivity index (χ1v) is 6.73. The summed E-state index contributed by atoms with van der Waals surface area (Å²) in [5.74, 6) is 0.172. The number of hydrogen-bond acceptors (Lipinski definition) is 5. The topological polar surface area (TPSA) is 61.8 Å². The molecular formula is C10H17O5P. The van der Waals surface area contributed by atoms with Crippen LogP contribution in [0.1, 0.15) is 13.8 Å². The molecule has 0 saturated heterocycles. The highest BCUT2D eigenvalue weighted by Crippen LogP contribution is 2.47. The first-order valence-electron chi connectivity index (χ1n) is 5.00. The molecule has 0 bridgehead atoms. The zero-order valence-electron chi connectivity index (χ0n) is 9.93. The zero-order valence-corrected chi connectivity index (χ0v) is 10.8. The molecule has 5 nitrogen and oxygen atoms in total. The van der Waals surface area contributed by atoms with Gasteiger partial charge in [-0.05, 0) is 19.9 Å². The molecule has 0 radical (unpaired) electrons. The molecule has 0 aromatic rings. The lowest BCUT2D eigenvalue weighted by atomic mass is 10.0. The molecule has 1 aliphatic heterocycles. The van der Waals surface area contributed by atoms with Crippen molar-refractivity contribution in [3.8, 4) is 0 Å². The molecule has 1 heterocycles. The Morgan fingerprint density at radius 2 is 2.06 bits per heavy atom. The highest BCUT2D eigenvalue weighted by molar-refractivity contribution is 7.54. The third-order valence-corrected chi connectivity index (χ3v) is 4.38. The molecule has 2 atom stereocenters. The number of ether oxygens (including phenoxy) is 1. The summed E-state index contributed by atoms with van der Waals surface area (Å²) in [7, 11) is -0.728. The zero-order chi connectivity index (χ0) is 12.3. The lowest BCUT2D eigenvalue weighted by molar-refractivity contribution is -0.121. The minimum absolute atomic E-state index is 0.184. The lowest BCUT2D eigenvalue weighted by Crippen LogP contribution is -2.25. The number of carbonyl (C=O) groups excluding carboxylic acids is 1. The summed E-state index contributed by atoms with van der Waals surface area (Å²) in [6, 6.07) is 0. The van der Waals surface area contributed by atoms with Gasteiger partial charge in [0.05, 0.1) is 11.7 Å². The minimum Gasteiger partial charge on any atom is -0.495 e.